The molecule has 0 bridgehead atoms. The van der Waals surface area contributed by atoms with Crippen LogP contribution in [-0.4, -0.2) is 59.1 Å². The van der Waals surface area contributed by atoms with Gasteiger partial charge in [-0.1, -0.05) is 24.6 Å². The Hall–Kier alpha value is -1.39. The third kappa shape index (κ3) is 4.38. The number of hydrogen-bond donors (Lipinski definition) is 1. The number of nitrogens with zero attached hydrogens (tertiary/aromatic N) is 2. The molecule has 0 spiro atoms. The van der Waals surface area contributed by atoms with Crippen molar-refractivity contribution in [3.05, 3.63) is 34.9 Å². The predicted molar refractivity (Wildman–Crippen MR) is 108 cm³/mol. The molecule has 2 aliphatic heterocycles. The van der Waals surface area contributed by atoms with Crippen LogP contribution < -0.4 is 0 Å². The maximum absolute atomic E-state index is 11.5. The van der Waals surface area contributed by atoms with E-state index < -0.39 is 0 Å². The van der Waals surface area contributed by atoms with Crippen molar-refractivity contribution >= 4 is 5.91 Å². The van der Waals surface area contributed by atoms with Gasteiger partial charge in [0.25, 0.3) is 0 Å². The topological polar surface area (TPSA) is 43.8 Å². The second kappa shape index (κ2) is 8.32. The number of carbonyl (C=O) groups is 1. The maximum atomic E-state index is 11.5. The average molecular weight is 371 g/mol. The van der Waals surface area contributed by atoms with Crippen LogP contribution in [0, 0.1) is 5.92 Å². The SMILES string of the molecule is CC(=O)N1CCC(C(O)Cc2ccc3c(c2)CCN(C2CCC2)CC3)CC1. The molecule has 1 aromatic rings. The minimum Gasteiger partial charge on any atom is -0.392 e. The van der Waals surface area contributed by atoms with Gasteiger partial charge >= 0.3 is 0 Å². The van der Waals surface area contributed by atoms with Crippen LogP contribution in [0.25, 0.3) is 0 Å². The summed E-state index contributed by atoms with van der Waals surface area (Å²) in [4.78, 5) is 16.1. The largest absolute Gasteiger partial charge is 0.392 e. The highest BCUT2D eigenvalue weighted by Gasteiger charge is 2.28. The molecule has 4 nitrogen and oxygen atoms in total. The zero-order valence-corrected chi connectivity index (χ0v) is 16.7. The third-order valence-corrected chi connectivity index (χ3v) is 7.17. The molecule has 0 radical (unpaired) electrons. The molecule has 27 heavy (non-hydrogen) atoms. The number of carbonyl (C=O) groups excluding carboxylic acids is 1. The molecule has 4 heteroatoms. The van der Waals surface area contributed by atoms with Crippen LogP contribution in [0.4, 0.5) is 0 Å². The second-order valence-electron chi connectivity index (χ2n) is 8.84. The molecule has 1 aliphatic carbocycles. The average Bonchev–Trinajstić information content (AvgIpc) is 2.83. The monoisotopic (exact) mass is 370 g/mol. The van der Waals surface area contributed by atoms with Gasteiger partial charge in [0.15, 0.2) is 0 Å². The van der Waals surface area contributed by atoms with Crippen molar-refractivity contribution in [2.24, 2.45) is 5.92 Å². The van der Waals surface area contributed by atoms with E-state index in [-0.39, 0.29) is 12.0 Å². The first-order valence-corrected chi connectivity index (χ1v) is 10.9. The number of fused-ring (bicyclic) bond motifs is 1. The molecular weight excluding hydrogens is 336 g/mol. The quantitative estimate of drug-likeness (QED) is 0.886. The van der Waals surface area contributed by atoms with E-state index in [2.05, 4.69) is 23.1 Å². The Morgan fingerprint density at radius 3 is 2.41 bits per heavy atom. The van der Waals surface area contributed by atoms with Crippen LogP contribution in [0.5, 0.6) is 0 Å². The first kappa shape index (κ1) is 18.9. The molecular formula is C23H34N2O2. The summed E-state index contributed by atoms with van der Waals surface area (Å²) in [7, 11) is 0. The summed E-state index contributed by atoms with van der Waals surface area (Å²) in [6, 6.07) is 7.72. The van der Waals surface area contributed by atoms with E-state index >= 15 is 0 Å². The minimum atomic E-state index is -0.297. The Labute approximate surface area is 163 Å². The van der Waals surface area contributed by atoms with Crippen molar-refractivity contribution in [3.63, 3.8) is 0 Å². The lowest BCUT2D eigenvalue weighted by Gasteiger charge is -2.36. The minimum absolute atomic E-state index is 0.157. The highest BCUT2D eigenvalue weighted by atomic mass is 16.3. The van der Waals surface area contributed by atoms with E-state index in [9.17, 15) is 9.90 Å². The van der Waals surface area contributed by atoms with Gasteiger partial charge in [-0.05, 0) is 67.6 Å². The summed E-state index contributed by atoms with van der Waals surface area (Å²) in [5.41, 5.74) is 4.27. The van der Waals surface area contributed by atoms with Gasteiger partial charge in [0.2, 0.25) is 5.91 Å². The summed E-state index contributed by atoms with van der Waals surface area (Å²) in [5, 5.41) is 10.8. The zero-order chi connectivity index (χ0) is 18.8. The molecule has 1 amide bonds. The van der Waals surface area contributed by atoms with Crippen molar-refractivity contribution in [1.82, 2.24) is 9.80 Å². The smallest absolute Gasteiger partial charge is 0.219 e. The van der Waals surface area contributed by atoms with Crippen LogP contribution in [0.15, 0.2) is 18.2 Å². The molecule has 0 aromatic heterocycles. The van der Waals surface area contributed by atoms with Crippen LogP contribution in [0.1, 0.15) is 55.7 Å². The molecule has 1 aromatic carbocycles. The van der Waals surface area contributed by atoms with Gasteiger partial charge in [0, 0.05) is 39.1 Å². The van der Waals surface area contributed by atoms with Crippen molar-refractivity contribution < 1.29 is 9.90 Å². The summed E-state index contributed by atoms with van der Waals surface area (Å²) in [5.74, 6) is 0.471. The lowest BCUT2D eigenvalue weighted by molar-refractivity contribution is -0.130. The summed E-state index contributed by atoms with van der Waals surface area (Å²) in [6.07, 6.45) is 8.77. The number of amides is 1. The number of aliphatic hydroxyl groups is 1. The van der Waals surface area contributed by atoms with Gasteiger partial charge in [0.05, 0.1) is 6.10 Å². The highest BCUT2D eigenvalue weighted by molar-refractivity contribution is 5.73. The van der Waals surface area contributed by atoms with Gasteiger partial charge in [-0.15, -0.1) is 0 Å². The standard InChI is InChI=1S/C23H34N2O2/c1-17(26)24-11-8-20(9-12-24)23(27)16-18-5-6-19-7-13-25(22-3-2-4-22)14-10-21(19)15-18/h5-6,15,20,22-23,27H,2-4,7-14,16H2,1H3. The summed E-state index contributed by atoms with van der Waals surface area (Å²) in [6.45, 7) is 5.61. The molecule has 1 saturated heterocycles. The molecule has 148 valence electrons. The van der Waals surface area contributed by atoms with Gasteiger partial charge in [0.1, 0.15) is 0 Å². The third-order valence-electron chi connectivity index (χ3n) is 7.17. The Morgan fingerprint density at radius 2 is 1.78 bits per heavy atom. The molecule has 4 rings (SSSR count). The molecule has 3 aliphatic rings. The Bertz CT molecular complexity index is 662. The first-order chi connectivity index (χ1) is 13.1. The molecule has 1 atom stereocenters. The first-order valence-electron chi connectivity index (χ1n) is 10.9. The lowest BCUT2D eigenvalue weighted by Crippen LogP contribution is -2.41. The molecule has 1 N–H and O–H groups in total. The number of rotatable bonds is 4. The summed E-state index contributed by atoms with van der Waals surface area (Å²) < 4.78 is 0. The summed E-state index contributed by atoms with van der Waals surface area (Å²) >= 11 is 0. The fourth-order valence-electron chi connectivity index (χ4n) is 5.05. The number of benzene rings is 1. The van der Waals surface area contributed by atoms with E-state index in [1.807, 2.05) is 4.90 Å². The van der Waals surface area contributed by atoms with Crippen LogP contribution in [0.3, 0.4) is 0 Å². The molecule has 1 unspecified atom stereocenters. The Morgan fingerprint density at radius 1 is 1.07 bits per heavy atom. The van der Waals surface area contributed by atoms with Crippen molar-refractivity contribution in [3.8, 4) is 0 Å². The molecule has 2 fully saturated rings. The van der Waals surface area contributed by atoms with E-state index in [1.165, 1.54) is 49.0 Å². The number of hydrogen-bond acceptors (Lipinski definition) is 3. The fraction of sp³-hybridized carbons (Fsp3) is 0.696. The number of likely N-dealkylation sites (tertiary alicyclic amines) is 1. The van der Waals surface area contributed by atoms with Crippen LogP contribution >= 0.6 is 0 Å². The maximum Gasteiger partial charge on any atom is 0.219 e. The van der Waals surface area contributed by atoms with Crippen LogP contribution in [0.2, 0.25) is 0 Å². The van der Waals surface area contributed by atoms with Crippen molar-refractivity contribution in [2.75, 3.05) is 26.2 Å². The normalized spacial score (nSPS) is 23.4. The van der Waals surface area contributed by atoms with Crippen molar-refractivity contribution in [1.29, 1.82) is 0 Å². The Balaban J connectivity index is 1.34. The predicted octanol–water partition coefficient (Wildman–Crippen LogP) is 2.80. The van der Waals surface area contributed by atoms with Crippen LogP contribution in [-0.2, 0) is 24.1 Å². The van der Waals surface area contributed by atoms with E-state index in [0.717, 1.165) is 51.2 Å². The number of piperidine rings is 1. The second-order valence-corrected chi connectivity index (χ2v) is 8.84. The highest BCUT2D eigenvalue weighted by Crippen LogP contribution is 2.28. The molecule has 2 heterocycles. The fourth-order valence-corrected chi connectivity index (χ4v) is 5.05. The van der Waals surface area contributed by atoms with Gasteiger partial charge in [-0.25, -0.2) is 0 Å². The number of aliphatic hydroxyl groups excluding tert-OH is 1. The van der Waals surface area contributed by atoms with E-state index in [1.54, 1.807) is 6.92 Å². The van der Waals surface area contributed by atoms with Gasteiger partial charge < -0.3 is 10.0 Å². The van der Waals surface area contributed by atoms with Gasteiger partial charge in [-0.2, -0.15) is 0 Å². The zero-order valence-electron chi connectivity index (χ0n) is 16.7. The molecule has 1 saturated carbocycles. The Kier molecular flexibility index (Phi) is 5.84. The van der Waals surface area contributed by atoms with E-state index in [0.29, 0.717) is 5.92 Å². The van der Waals surface area contributed by atoms with Gasteiger partial charge in [-0.3, -0.25) is 9.69 Å². The van der Waals surface area contributed by atoms with E-state index in [4.69, 9.17) is 0 Å². The lowest BCUT2D eigenvalue weighted by atomic mass is 9.87. The van der Waals surface area contributed by atoms with Crippen molar-refractivity contribution in [2.45, 2.75) is 70.4 Å².